The molecule has 0 unspecified atom stereocenters. The highest BCUT2D eigenvalue weighted by atomic mass is 35.5. The van der Waals surface area contributed by atoms with Crippen LogP contribution in [0.5, 0.6) is 0 Å². The summed E-state index contributed by atoms with van der Waals surface area (Å²) >= 11 is 12.4. The Kier molecular flexibility index (Phi) is 12.1. The van der Waals surface area contributed by atoms with Crippen LogP contribution in [0, 0.1) is 0 Å². The molecule has 0 saturated carbocycles. The molecule has 3 rings (SSSR count). The number of hydrogen-bond donors (Lipinski definition) is 1. The Morgan fingerprint density at radius 2 is 1.54 bits per heavy atom. The molecule has 2 atom stereocenters. The van der Waals surface area contributed by atoms with Crippen molar-refractivity contribution in [2.75, 3.05) is 17.1 Å². The fourth-order valence-corrected chi connectivity index (χ4v) is 5.71. The van der Waals surface area contributed by atoms with Gasteiger partial charge < -0.3 is 10.2 Å². The number of amides is 2. The normalized spacial score (nSPS) is 12.8. The zero-order valence-electron chi connectivity index (χ0n) is 23.6. The summed E-state index contributed by atoms with van der Waals surface area (Å²) in [6.07, 6.45) is 2.51. The van der Waals surface area contributed by atoms with Crippen molar-refractivity contribution in [1.82, 2.24) is 10.2 Å². The van der Waals surface area contributed by atoms with Crippen molar-refractivity contribution in [2.45, 2.75) is 58.2 Å². The fraction of sp³-hybridized carbons (Fsp3) is 0.355. The lowest BCUT2D eigenvalue weighted by molar-refractivity contribution is -0.141. The molecular weight excluding hydrogens is 581 g/mol. The van der Waals surface area contributed by atoms with Crippen molar-refractivity contribution in [3.8, 4) is 0 Å². The van der Waals surface area contributed by atoms with Crippen molar-refractivity contribution in [1.29, 1.82) is 0 Å². The molecule has 3 aromatic carbocycles. The van der Waals surface area contributed by atoms with Crippen molar-refractivity contribution in [3.63, 3.8) is 0 Å². The monoisotopic (exact) mass is 617 g/mol. The highest BCUT2D eigenvalue weighted by molar-refractivity contribution is 7.92. The lowest BCUT2D eigenvalue weighted by Crippen LogP contribution is -2.52. The lowest BCUT2D eigenvalue weighted by Gasteiger charge is -2.33. The number of para-hydroxylation sites is 1. The average Bonchev–Trinajstić information content (AvgIpc) is 2.95. The van der Waals surface area contributed by atoms with E-state index in [0.717, 1.165) is 23.8 Å². The molecule has 1 N–H and O–H groups in total. The van der Waals surface area contributed by atoms with E-state index in [1.54, 1.807) is 47.4 Å². The molecule has 7 nitrogen and oxygen atoms in total. The maximum atomic E-state index is 13.9. The number of carbonyl (C=O) groups excluding carboxylic acids is 2. The molecule has 3 aromatic rings. The second-order valence-corrected chi connectivity index (χ2v) is 12.8. The van der Waals surface area contributed by atoms with Crippen LogP contribution in [0.3, 0.4) is 0 Å². The first-order valence-electron chi connectivity index (χ1n) is 13.6. The summed E-state index contributed by atoms with van der Waals surface area (Å²) in [6, 6.07) is 22.6. The van der Waals surface area contributed by atoms with Gasteiger partial charge in [-0.2, -0.15) is 0 Å². The summed E-state index contributed by atoms with van der Waals surface area (Å²) < 4.78 is 26.3. The number of carbonyl (C=O) groups is 2. The Morgan fingerprint density at radius 1 is 0.902 bits per heavy atom. The molecule has 10 heteroatoms. The van der Waals surface area contributed by atoms with Crippen molar-refractivity contribution in [2.24, 2.45) is 0 Å². The van der Waals surface area contributed by atoms with E-state index in [1.807, 2.05) is 50.2 Å². The first kappa shape index (κ1) is 32.4. The number of benzene rings is 3. The SMILES string of the molecule is CC[C@H](C)NC(=O)[C@H](Cc1ccccc1)N(Cc1ccc(Cl)c(Cl)c1)C(=O)CCCN(c1ccccc1)S(C)(=O)=O. The van der Waals surface area contributed by atoms with E-state index in [-0.39, 0.29) is 43.8 Å². The van der Waals surface area contributed by atoms with Crippen LogP contribution >= 0.6 is 23.2 Å². The average molecular weight is 619 g/mol. The van der Waals surface area contributed by atoms with Gasteiger partial charge in [0, 0.05) is 32.0 Å². The number of nitrogens with zero attached hydrogens (tertiary/aromatic N) is 2. The molecule has 0 saturated heterocycles. The van der Waals surface area contributed by atoms with Crippen LogP contribution in [-0.4, -0.2) is 50.0 Å². The van der Waals surface area contributed by atoms with Crippen LogP contribution in [0.2, 0.25) is 10.0 Å². The Labute approximate surface area is 253 Å². The van der Waals surface area contributed by atoms with E-state index in [0.29, 0.717) is 22.2 Å². The molecule has 220 valence electrons. The summed E-state index contributed by atoms with van der Waals surface area (Å²) in [4.78, 5) is 29.1. The number of anilines is 1. The smallest absolute Gasteiger partial charge is 0.243 e. The van der Waals surface area contributed by atoms with Gasteiger partial charge in [0.1, 0.15) is 6.04 Å². The lowest BCUT2D eigenvalue weighted by atomic mass is 10.0. The topological polar surface area (TPSA) is 86.8 Å². The quantitative estimate of drug-likeness (QED) is 0.237. The number of rotatable bonds is 14. The van der Waals surface area contributed by atoms with E-state index >= 15 is 0 Å². The Balaban J connectivity index is 1.91. The molecule has 0 aromatic heterocycles. The molecule has 0 heterocycles. The largest absolute Gasteiger partial charge is 0.352 e. The Bertz CT molecular complexity index is 1410. The first-order chi connectivity index (χ1) is 19.5. The third-order valence-electron chi connectivity index (χ3n) is 6.81. The third kappa shape index (κ3) is 9.76. The maximum Gasteiger partial charge on any atom is 0.243 e. The molecule has 0 aliphatic heterocycles. The van der Waals surface area contributed by atoms with Crippen LogP contribution in [0.1, 0.15) is 44.2 Å². The predicted octanol–water partition coefficient (Wildman–Crippen LogP) is 6.09. The van der Waals surface area contributed by atoms with Crippen LogP contribution in [0.15, 0.2) is 78.9 Å². The molecule has 0 aliphatic carbocycles. The Morgan fingerprint density at radius 3 is 2.12 bits per heavy atom. The summed E-state index contributed by atoms with van der Waals surface area (Å²) in [7, 11) is -3.56. The van der Waals surface area contributed by atoms with E-state index in [2.05, 4.69) is 5.32 Å². The highest BCUT2D eigenvalue weighted by Crippen LogP contribution is 2.25. The van der Waals surface area contributed by atoms with Gasteiger partial charge in [-0.25, -0.2) is 8.42 Å². The molecule has 2 amide bonds. The Hall–Kier alpha value is -3.07. The standard InChI is InChI=1S/C31H37Cl2N3O4S/c1-4-23(2)34-31(38)29(21-24-12-7-5-8-13-24)35(22-25-17-18-27(32)28(33)20-25)30(37)16-11-19-36(41(3,39)40)26-14-9-6-10-15-26/h5-10,12-15,17-18,20,23,29H,4,11,16,19,21-22H2,1-3H3,(H,34,38)/t23-,29-/m0/s1. The zero-order chi connectivity index (χ0) is 30.0. The van der Waals surface area contributed by atoms with E-state index in [1.165, 1.54) is 4.31 Å². The highest BCUT2D eigenvalue weighted by Gasteiger charge is 2.31. The van der Waals surface area contributed by atoms with E-state index < -0.39 is 16.1 Å². The van der Waals surface area contributed by atoms with Crippen molar-refractivity contribution in [3.05, 3.63) is 100 Å². The predicted molar refractivity (Wildman–Crippen MR) is 167 cm³/mol. The van der Waals surface area contributed by atoms with Gasteiger partial charge in [0.2, 0.25) is 21.8 Å². The molecule has 0 bridgehead atoms. The van der Waals surface area contributed by atoms with Gasteiger partial charge in [0.05, 0.1) is 22.0 Å². The van der Waals surface area contributed by atoms with Crippen LogP contribution in [-0.2, 0) is 32.6 Å². The summed E-state index contributed by atoms with van der Waals surface area (Å²) in [5.74, 6) is -0.517. The number of hydrogen-bond acceptors (Lipinski definition) is 4. The van der Waals surface area contributed by atoms with Crippen LogP contribution < -0.4 is 9.62 Å². The van der Waals surface area contributed by atoms with Crippen molar-refractivity contribution >= 4 is 50.7 Å². The van der Waals surface area contributed by atoms with E-state index in [9.17, 15) is 18.0 Å². The molecular formula is C31H37Cl2N3O4S. The summed E-state index contributed by atoms with van der Waals surface area (Å²) in [6.45, 7) is 4.16. The number of nitrogens with one attached hydrogen (secondary N) is 1. The van der Waals surface area contributed by atoms with Gasteiger partial charge in [-0.15, -0.1) is 0 Å². The zero-order valence-corrected chi connectivity index (χ0v) is 25.9. The van der Waals surface area contributed by atoms with Gasteiger partial charge >= 0.3 is 0 Å². The summed E-state index contributed by atoms with van der Waals surface area (Å²) in [5, 5.41) is 3.79. The van der Waals surface area contributed by atoms with Gasteiger partial charge in [0.25, 0.3) is 0 Å². The van der Waals surface area contributed by atoms with Gasteiger partial charge in [-0.05, 0) is 55.2 Å². The number of halogens is 2. The van der Waals surface area contributed by atoms with Gasteiger partial charge in [-0.1, -0.05) is 84.7 Å². The maximum absolute atomic E-state index is 13.9. The van der Waals surface area contributed by atoms with E-state index in [4.69, 9.17) is 23.2 Å². The minimum Gasteiger partial charge on any atom is -0.352 e. The third-order valence-corrected chi connectivity index (χ3v) is 8.74. The van der Waals surface area contributed by atoms with Crippen LogP contribution in [0.4, 0.5) is 5.69 Å². The second kappa shape index (κ2) is 15.2. The first-order valence-corrected chi connectivity index (χ1v) is 16.2. The molecule has 41 heavy (non-hydrogen) atoms. The fourth-order valence-electron chi connectivity index (χ4n) is 4.43. The molecule has 0 fully saturated rings. The number of sulfonamides is 1. The minimum atomic E-state index is -3.56. The molecule has 0 spiro atoms. The molecule has 0 aliphatic rings. The van der Waals surface area contributed by atoms with Gasteiger partial charge in [-0.3, -0.25) is 13.9 Å². The summed E-state index contributed by atoms with van der Waals surface area (Å²) in [5.41, 5.74) is 2.17. The van der Waals surface area contributed by atoms with Crippen molar-refractivity contribution < 1.29 is 18.0 Å². The minimum absolute atomic E-state index is 0.0437. The second-order valence-electron chi connectivity index (χ2n) is 10.1. The van der Waals surface area contributed by atoms with Crippen LogP contribution in [0.25, 0.3) is 0 Å². The molecule has 0 radical (unpaired) electrons. The van der Waals surface area contributed by atoms with Gasteiger partial charge in [0.15, 0.2) is 0 Å².